The van der Waals surface area contributed by atoms with Gasteiger partial charge in [0.25, 0.3) is 0 Å². The number of carbonyl (C=O) groups excluding carboxylic acids is 1. The van der Waals surface area contributed by atoms with E-state index in [1.165, 1.54) is 0 Å². The van der Waals surface area contributed by atoms with Gasteiger partial charge >= 0.3 is 0 Å². The Morgan fingerprint density at radius 2 is 1.75 bits per heavy atom. The van der Waals surface area contributed by atoms with Gasteiger partial charge < -0.3 is 4.74 Å². The molecule has 36 heavy (non-hydrogen) atoms. The maximum Gasteiger partial charge on any atom is 0.191 e. The number of benzene rings is 2. The highest BCUT2D eigenvalue weighted by molar-refractivity contribution is 7.99. The molecule has 0 saturated carbocycles. The monoisotopic (exact) mass is 518 g/mol. The van der Waals surface area contributed by atoms with Crippen LogP contribution in [0.3, 0.4) is 0 Å². The highest BCUT2D eigenvalue weighted by Crippen LogP contribution is 2.27. The molecule has 0 fully saturated rings. The average Bonchev–Trinajstić information content (AvgIpc) is 3.33. The van der Waals surface area contributed by atoms with Gasteiger partial charge in [0.2, 0.25) is 0 Å². The van der Waals surface area contributed by atoms with Gasteiger partial charge in [-0.05, 0) is 80.4 Å². The van der Waals surface area contributed by atoms with E-state index in [0.717, 1.165) is 40.0 Å². The van der Waals surface area contributed by atoms with Crippen molar-refractivity contribution in [1.82, 2.24) is 19.7 Å². The van der Waals surface area contributed by atoms with Crippen molar-refractivity contribution in [3.63, 3.8) is 0 Å². The van der Waals surface area contributed by atoms with E-state index >= 15 is 0 Å². The fourth-order valence-corrected chi connectivity index (χ4v) is 4.61. The standard InChI is InChI=1S/C28H27ClN4O2S/c1-20(2)33-27(23-14-16-30-17-15-23)31-32-28(33)36-19-3-18-35-25-11-7-22(8-12-25)26(34)13-6-21-4-9-24(29)10-5-21/h4-17,20H,3,18-19H2,1-2H3/b13-6+. The molecule has 0 amide bonds. The second-order valence-corrected chi connectivity index (χ2v) is 9.83. The van der Waals surface area contributed by atoms with Crippen LogP contribution in [-0.4, -0.2) is 37.9 Å². The number of pyridine rings is 1. The van der Waals surface area contributed by atoms with Crippen molar-refractivity contribution in [2.45, 2.75) is 31.5 Å². The minimum atomic E-state index is -0.0618. The van der Waals surface area contributed by atoms with E-state index in [4.69, 9.17) is 16.3 Å². The molecule has 0 spiro atoms. The van der Waals surface area contributed by atoms with Crippen LogP contribution < -0.4 is 4.74 Å². The van der Waals surface area contributed by atoms with Crippen LogP contribution in [0.25, 0.3) is 17.5 Å². The van der Waals surface area contributed by atoms with Gasteiger partial charge in [0.1, 0.15) is 5.75 Å². The van der Waals surface area contributed by atoms with Crippen LogP contribution in [0.2, 0.25) is 5.02 Å². The quantitative estimate of drug-likeness (QED) is 0.0918. The van der Waals surface area contributed by atoms with E-state index in [0.29, 0.717) is 17.2 Å². The lowest BCUT2D eigenvalue weighted by Crippen LogP contribution is -2.06. The summed E-state index contributed by atoms with van der Waals surface area (Å²) in [4.78, 5) is 16.5. The Hall–Kier alpha value is -3.42. The molecular weight excluding hydrogens is 492 g/mol. The first-order valence-electron chi connectivity index (χ1n) is 11.7. The van der Waals surface area contributed by atoms with Gasteiger partial charge in [0.05, 0.1) is 6.61 Å². The van der Waals surface area contributed by atoms with Gasteiger partial charge in [0, 0.05) is 40.3 Å². The van der Waals surface area contributed by atoms with E-state index in [2.05, 4.69) is 33.6 Å². The Morgan fingerprint density at radius 3 is 2.44 bits per heavy atom. The van der Waals surface area contributed by atoms with E-state index in [1.807, 2.05) is 36.4 Å². The zero-order valence-electron chi connectivity index (χ0n) is 20.2. The lowest BCUT2D eigenvalue weighted by molar-refractivity contribution is 0.104. The van der Waals surface area contributed by atoms with Crippen LogP contribution in [0, 0.1) is 0 Å². The number of aromatic nitrogens is 4. The molecule has 0 atom stereocenters. The number of nitrogens with zero attached hydrogens (tertiary/aromatic N) is 4. The molecule has 184 valence electrons. The molecule has 0 aliphatic rings. The molecule has 0 radical (unpaired) electrons. The molecule has 0 aliphatic carbocycles. The molecule has 8 heteroatoms. The second-order valence-electron chi connectivity index (χ2n) is 8.33. The second kappa shape index (κ2) is 12.5. The molecule has 2 heterocycles. The zero-order chi connectivity index (χ0) is 25.3. The number of halogens is 1. The fraction of sp³-hybridized carbons (Fsp3) is 0.214. The Bertz CT molecular complexity index is 1300. The highest BCUT2D eigenvalue weighted by atomic mass is 35.5. The summed E-state index contributed by atoms with van der Waals surface area (Å²) in [5, 5.41) is 10.4. The predicted octanol–water partition coefficient (Wildman–Crippen LogP) is 7.03. The van der Waals surface area contributed by atoms with Crippen molar-refractivity contribution in [3.8, 4) is 17.1 Å². The van der Waals surface area contributed by atoms with Gasteiger partial charge in [-0.3, -0.25) is 14.3 Å². The number of rotatable bonds is 11. The van der Waals surface area contributed by atoms with E-state index in [9.17, 15) is 4.79 Å². The van der Waals surface area contributed by atoms with Gasteiger partial charge in [-0.25, -0.2) is 0 Å². The van der Waals surface area contributed by atoms with Gasteiger partial charge in [-0.1, -0.05) is 41.6 Å². The van der Waals surface area contributed by atoms with Crippen molar-refractivity contribution in [3.05, 3.63) is 95.3 Å². The third-order valence-electron chi connectivity index (χ3n) is 5.34. The SMILES string of the molecule is CC(C)n1c(SCCCOc2ccc(C(=O)/C=C/c3ccc(Cl)cc3)cc2)nnc1-c1ccncc1. The van der Waals surface area contributed by atoms with Crippen LogP contribution >= 0.6 is 23.4 Å². The summed E-state index contributed by atoms with van der Waals surface area (Å²) >= 11 is 7.57. The molecule has 0 saturated heterocycles. The van der Waals surface area contributed by atoms with E-state index < -0.39 is 0 Å². The van der Waals surface area contributed by atoms with Gasteiger partial charge in [-0.15, -0.1) is 10.2 Å². The first kappa shape index (κ1) is 25.7. The Balaban J connectivity index is 1.25. The predicted molar refractivity (Wildman–Crippen MR) is 146 cm³/mol. The molecule has 4 rings (SSSR count). The molecule has 0 bridgehead atoms. The number of hydrogen-bond acceptors (Lipinski definition) is 6. The van der Waals surface area contributed by atoms with Gasteiger partial charge in [-0.2, -0.15) is 0 Å². The minimum absolute atomic E-state index is 0.0618. The zero-order valence-corrected chi connectivity index (χ0v) is 21.7. The number of allylic oxidation sites excluding steroid dienone is 1. The van der Waals surface area contributed by atoms with E-state index in [-0.39, 0.29) is 11.8 Å². The Labute approximate surface area is 220 Å². The molecule has 6 nitrogen and oxygen atoms in total. The summed E-state index contributed by atoms with van der Waals surface area (Å²) in [6.45, 7) is 4.83. The molecule has 0 aliphatic heterocycles. The first-order chi connectivity index (χ1) is 17.5. The third-order valence-corrected chi connectivity index (χ3v) is 6.63. The lowest BCUT2D eigenvalue weighted by atomic mass is 10.1. The molecule has 0 N–H and O–H groups in total. The van der Waals surface area contributed by atoms with Crippen LogP contribution in [0.1, 0.15) is 42.2 Å². The summed E-state index contributed by atoms with van der Waals surface area (Å²) in [6.07, 6.45) is 7.72. The first-order valence-corrected chi connectivity index (χ1v) is 13.1. The summed E-state index contributed by atoms with van der Waals surface area (Å²) in [6, 6.07) is 18.7. The Kier molecular flexibility index (Phi) is 8.92. The molecular formula is C28H27ClN4O2S. The number of ether oxygens (including phenoxy) is 1. The summed E-state index contributed by atoms with van der Waals surface area (Å²) in [5.74, 6) is 2.38. The third kappa shape index (κ3) is 6.83. The molecule has 4 aromatic rings. The normalized spacial score (nSPS) is 11.3. The van der Waals surface area contributed by atoms with Crippen LogP contribution in [0.15, 0.2) is 84.3 Å². The van der Waals surface area contributed by atoms with Gasteiger partial charge in [0.15, 0.2) is 16.8 Å². The largest absolute Gasteiger partial charge is 0.494 e. The maximum atomic E-state index is 12.4. The minimum Gasteiger partial charge on any atom is -0.494 e. The van der Waals surface area contributed by atoms with Crippen molar-refractivity contribution in [1.29, 1.82) is 0 Å². The summed E-state index contributed by atoms with van der Waals surface area (Å²) < 4.78 is 8.02. The number of ketones is 1. The maximum absolute atomic E-state index is 12.4. The molecule has 0 unspecified atom stereocenters. The van der Waals surface area contributed by atoms with Crippen molar-refractivity contribution < 1.29 is 9.53 Å². The highest BCUT2D eigenvalue weighted by Gasteiger charge is 2.16. The molecule has 2 aromatic carbocycles. The van der Waals surface area contributed by atoms with Crippen molar-refractivity contribution in [2.24, 2.45) is 0 Å². The van der Waals surface area contributed by atoms with Crippen LogP contribution in [0.5, 0.6) is 5.75 Å². The Morgan fingerprint density at radius 1 is 1.03 bits per heavy atom. The van der Waals surface area contributed by atoms with Crippen molar-refractivity contribution in [2.75, 3.05) is 12.4 Å². The smallest absolute Gasteiger partial charge is 0.191 e. The summed E-state index contributed by atoms with van der Waals surface area (Å²) in [7, 11) is 0. The molecule has 2 aromatic heterocycles. The average molecular weight is 519 g/mol. The topological polar surface area (TPSA) is 69.9 Å². The number of hydrogen-bond donors (Lipinski definition) is 0. The number of thioether (sulfide) groups is 1. The van der Waals surface area contributed by atoms with Crippen LogP contribution in [0.4, 0.5) is 0 Å². The number of carbonyl (C=O) groups is 1. The van der Waals surface area contributed by atoms with Crippen LogP contribution in [-0.2, 0) is 0 Å². The van der Waals surface area contributed by atoms with Crippen molar-refractivity contribution >= 4 is 35.2 Å². The summed E-state index contributed by atoms with van der Waals surface area (Å²) in [5.41, 5.74) is 2.54. The lowest BCUT2D eigenvalue weighted by Gasteiger charge is -2.13. The van der Waals surface area contributed by atoms with E-state index in [1.54, 1.807) is 60.6 Å². The fourth-order valence-electron chi connectivity index (χ4n) is 3.51.